The van der Waals surface area contributed by atoms with Crippen LogP contribution in [0.25, 0.3) is 0 Å². The largest absolute Gasteiger partial charge is 0.416 e. The van der Waals surface area contributed by atoms with Crippen LogP contribution in [-0.2, 0) is 22.3 Å². The molecule has 2 amide bonds. The number of amides is 2. The van der Waals surface area contributed by atoms with Crippen molar-refractivity contribution in [1.29, 1.82) is 0 Å². The van der Waals surface area contributed by atoms with Gasteiger partial charge in [0.05, 0.1) is 11.5 Å². The van der Waals surface area contributed by atoms with Crippen molar-refractivity contribution in [3.63, 3.8) is 0 Å². The minimum absolute atomic E-state index is 0. The number of nitrogens with one attached hydrogen (secondary N) is 2. The summed E-state index contributed by atoms with van der Waals surface area (Å²) in [7, 11) is 0. The average molecular weight is 420 g/mol. The summed E-state index contributed by atoms with van der Waals surface area (Å²) in [6.07, 6.45) is -3.34. The smallest absolute Gasteiger partial charge is 0.352 e. The monoisotopic (exact) mass is 419 g/mol. The Morgan fingerprint density at radius 2 is 2.11 bits per heavy atom. The van der Waals surface area contributed by atoms with Crippen LogP contribution in [0.2, 0.25) is 0 Å². The number of likely N-dealkylation sites (tertiary alicyclic amines) is 1. The van der Waals surface area contributed by atoms with Crippen molar-refractivity contribution in [3.05, 3.63) is 35.4 Å². The number of carbonyl (C=O) groups excluding carboxylic acids is 2. The summed E-state index contributed by atoms with van der Waals surface area (Å²) in [5.41, 5.74) is -0.330. The van der Waals surface area contributed by atoms with E-state index in [-0.39, 0.29) is 49.8 Å². The standard InChI is InChI=1S/C19H24F3N3O2.ClH/c1-12-5-6-23-9-16(12)24-18(27)14-8-17(26)25(11-14)10-13-3-2-4-15(7-13)19(20,21)22;/h2-4,7,12,14,16,23H,5-6,8-11H2,1H3,(H,24,27);1H. The number of hydrogen-bond donors (Lipinski definition) is 2. The number of piperidine rings is 1. The first-order valence-corrected chi connectivity index (χ1v) is 9.19. The maximum Gasteiger partial charge on any atom is 0.416 e. The number of nitrogens with zero attached hydrogens (tertiary/aromatic N) is 1. The second-order valence-corrected chi connectivity index (χ2v) is 7.46. The molecule has 3 atom stereocenters. The highest BCUT2D eigenvalue weighted by Crippen LogP contribution is 2.30. The summed E-state index contributed by atoms with van der Waals surface area (Å²) < 4.78 is 38.5. The van der Waals surface area contributed by atoms with Gasteiger partial charge in [-0.25, -0.2) is 0 Å². The van der Waals surface area contributed by atoms with Gasteiger partial charge in [0.15, 0.2) is 0 Å². The minimum atomic E-state index is -4.42. The van der Waals surface area contributed by atoms with Crippen LogP contribution in [0.15, 0.2) is 24.3 Å². The lowest BCUT2D eigenvalue weighted by molar-refractivity contribution is -0.137. The number of carbonyl (C=O) groups is 2. The molecule has 0 spiro atoms. The number of benzene rings is 1. The van der Waals surface area contributed by atoms with Gasteiger partial charge < -0.3 is 15.5 Å². The molecule has 0 bridgehead atoms. The first-order chi connectivity index (χ1) is 12.7. The summed E-state index contributed by atoms with van der Waals surface area (Å²) in [4.78, 5) is 26.2. The van der Waals surface area contributed by atoms with E-state index in [1.54, 1.807) is 6.07 Å². The predicted octanol–water partition coefficient (Wildman–Crippen LogP) is 2.59. The molecular formula is C19H25ClF3N3O2. The van der Waals surface area contributed by atoms with Crippen molar-refractivity contribution in [1.82, 2.24) is 15.5 Å². The van der Waals surface area contributed by atoms with Gasteiger partial charge in [0.1, 0.15) is 0 Å². The summed E-state index contributed by atoms with van der Waals surface area (Å²) in [6, 6.07) is 4.99. The van der Waals surface area contributed by atoms with E-state index >= 15 is 0 Å². The highest BCUT2D eigenvalue weighted by Gasteiger charge is 2.36. The summed E-state index contributed by atoms with van der Waals surface area (Å²) >= 11 is 0. The Hall–Kier alpha value is -1.80. The maximum absolute atomic E-state index is 12.8. The maximum atomic E-state index is 12.8. The van der Waals surface area contributed by atoms with Crippen molar-refractivity contribution >= 4 is 24.2 Å². The van der Waals surface area contributed by atoms with Gasteiger partial charge in [-0.05, 0) is 36.6 Å². The third kappa shape index (κ3) is 5.38. The predicted molar refractivity (Wildman–Crippen MR) is 101 cm³/mol. The van der Waals surface area contributed by atoms with Crippen LogP contribution in [-0.4, -0.2) is 42.4 Å². The molecule has 1 aromatic rings. The summed E-state index contributed by atoms with van der Waals surface area (Å²) in [5.74, 6) is -0.455. The second-order valence-electron chi connectivity index (χ2n) is 7.46. The van der Waals surface area contributed by atoms with Crippen molar-refractivity contribution in [3.8, 4) is 0 Å². The molecule has 2 N–H and O–H groups in total. The summed E-state index contributed by atoms with van der Waals surface area (Å²) in [5, 5.41) is 6.26. The third-order valence-electron chi connectivity index (χ3n) is 5.37. The molecule has 0 radical (unpaired) electrons. The zero-order chi connectivity index (χ0) is 19.6. The molecule has 3 rings (SSSR count). The molecule has 9 heteroatoms. The van der Waals surface area contributed by atoms with Gasteiger partial charge in [-0.2, -0.15) is 13.2 Å². The van der Waals surface area contributed by atoms with E-state index in [1.165, 1.54) is 11.0 Å². The molecule has 2 heterocycles. The Balaban J connectivity index is 0.00000280. The van der Waals surface area contributed by atoms with Gasteiger partial charge in [-0.1, -0.05) is 19.1 Å². The second kappa shape index (κ2) is 9.13. The van der Waals surface area contributed by atoms with E-state index in [1.807, 2.05) is 0 Å². The van der Waals surface area contributed by atoms with Crippen LogP contribution in [0, 0.1) is 11.8 Å². The third-order valence-corrected chi connectivity index (χ3v) is 5.37. The van der Waals surface area contributed by atoms with Gasteiger partial charge in [-0.3, -0.25) is 9.59 Å². The summed E-state index contributed by atoms with van der Waals surface area (Å²) in [6.45, 7) is 4.04. The van der Waals surface area contributed by atoms with Crippen molar-refractivity contribution in [2.75, 3.05) is 19.6 Å². The van der Waals surface area contributed by atoms with Crippen LogP contribution in [0.5, 0.6) is 0 Å². The zero-order valence-corrected chi connectivity index (χ0v) is 16.4. The molecule has 0 aromatic heterocycles. The van der Waals surface area contributed by atoms with Crippen LogP contribution in [0.1, 0.15) is 30.9 Å². The topological polar surface area (TPSA) is 61.4 Å². The lowest BCUT2D eigenvalue weighted by Gasteiger charge is -2.31. The van der Waals surface area contributed by atoms with Crippen molar-refractivity contribution in [2.45, 2.75) is 38.5 Å². The lowest BCUT2D eigenvalue weighted by Crippen LogP contribution is -2.51. The van der Waals surface area contributed by atoms with Gasteiger partial charge in [0.25, 0.3) is 0 Å². The van der Waals surface area contributed by atoms with E-state index in [2.05, 4.69) is 17.6 Å². The molecule has 2 aliphatic rings. The van der Waals surface area contributed by atoms with Crippen LogP contribution in [0.3, 0.4) is 0 Å². The SMILES string of the molecule is CC1CCNCC1NC(=O)C1CC(=O)N(Cc2cccc(C(F)(F)F)c2)C1.Cl. The molecule has 5 nitrogen and oxygen atoms in total. The van der Waals surface area contributed by atoms with Gasteiger partial charge in [-0.15, -0.1) is 12.4 Å². The Morgan fingerprint density at radius 1 is 1.36 bits per heavy atom. The Labute approximate surface area is 168 Å². The van der Waals surface area contributed by atoms with Gasteiger partial charge >= 0.3 is 6.18 Å². The first-order valence-electron chi connectivity index (χ1n) is 9.19. The molecule has 3 unspecified atom stereocenters. The van der Waals surface area contributed by atoms with Crippen LogP contribution < -0.4 is 10.6 Å². The fourth-order valence-corrected chi connectivity index (χ4v) is 3.65. The molecule has 0 aliphatic carbocycles. The van der Waals surface area contributed by atoms with Crippen LogP contribution >= 0.6 is 12.4 Å². The van der Waals surface area contributed by atoms with Crippen molar-refractivity contribution < 1.29 is 22.8 Å². The fourth-order valence-electron chi connectivity index (χ4n) is 3.65. The highest BCUT2D eigenvalue weighted by atomic mass is 35.5. The molecule has 2 saturated heterocycles. The number of halogens is 4. The first kappa shape index (κ1) is 22.5. The molecule has 2 fully saturated rings. The van der Waals surface area contributed by atoms with E-state index in [4.69, 9.17) is 0 Å². The Kier molecular flexibility index (Phi) is 7.33. The number of hydrogen-bond acceptors (Lipinski definition) is 3. The van der Waals surface area contributed by atoms with Crippen LogP contribution in [0.4, 0.5) is 13.2 Å². The lowest BCUT2D eigenvalue weighted by atomic mass is 9.94. The Bertz CT molecular complexity index is 714. The highest BCUT2D eigenvalue weighted by molar-refractivity contribution is 5.89. The van der Waals surface area contributed by atoms with E-state index < -0.39 is 17.7 Å². The zero-order valence-electron chi connectivity index (χ0n) is 15.6. The van der Waals surface area contributed by atoms with E-state index in [9.17, 15) is 22.8 Å². The Morgan fingerprint density at radius 3 is 2.79 bits per heavy atom. The van der Waals surface area contributed by atoms with Gasteiger partial charge in [0, 0.05) is 32.1 Å². The fraction of sp³-hybridized carbons (Fsp3) is 0.579. The van der Waals surface area contributed by atoms with Crippen molar-refractivity contribution in [2.24, 2.45) is 11.8 Å². The normalized spacial score (nSPS) is 25.4. The minimum Gasteiger partial charge on any atom is -0.352 e. The average Bonchev–Trinajstić information content (AvgIpc) is 2.97. The number of alkyl halides is 3. The van der Waals surface area contributed by atoms with E-state index in [0.29, 0.717) is 18.0 Å². The van der Waals surface area contributed by atoms with Gasteiger partial charge in [0.2, 0.25) is 11.8 Å². The molecule has 156 valence electrons. The number of rotatable bonds is 4. The molecule has 28 heavy (non-hydrogen) atoms. The molecular weight excluding hydrogens is 395 g/mol. The molecule has 1 aromatic carbocycles. The van der Waals surface area contributed by atoms with E-state index in [0.717, 1.165) is 25.1 Å². The molecule has 2 aliphatic heterocycles. The molecule has 0 saturated carbocycles. The quantitative estimate of drug-likeness (QED) is 0.788.